The minimum Gasteiger partial charge on any atom is -0.324 e. The van der Waals surface area contributed by atoms with Crippen molar-refractivity contribution in [3.63, 3.8) is 0 Å². The van der Waals surface area contributed by atoms with E-state index in [1.165, 1.54) is 0 Å². The van der Waals surface area contributed by atoms with Crippen LogP contribution in [-0.2, 0) is 26.2 Å². The molecule has 0 aromatic heterocycles. The number of carbonyl (C=O) groups is 1. The van der Waals surface area contributed by atoms with Gasteiger partial charge in [0.25, 0.3) is 0 Å². The van der Waals surface area contributed by atoms with Gasteiger partial charge in [-0.1, -0.05) is 54.1 Å². The quantitative estimate of drug-likeness (QED) is 0.448. The molecule has 1 atom stereocenters. The summed E-state index contributed by atoms with van der Waals surface area (Å²) in [6.45, 7) is 2.18. The van der Waals surface area contributed by atoms with Crippen molar-refractivity contribution in [3.05, 3.63) is 94.5 Å². The van der Waals surface area contributed by atoms with E-state index in [1.807, 2.05) is 49.4 Å². The Morgan fingerprint density at radius 1 is 1.08 bits per heavy atom. The Morgan fingerprint density at radius 3 is 2.32 bits per heavy atom. The van der Waals surface area contributed by atoms with E-state index >= 15 is 0 Å². The summed E-state index contributed by atoms with van der Waals surface area (Å²) in [7, 11) is -4.20. The first-order valence-corrected chi connectivity index (χ1v) is 13.4. The summed E-state index contributed by atoms with van der Waals surface area (Å²) < 4.78 is 63.8. The summed E-state index contributed by atoms with van der Waals surface area (Å²) in [6, 6.07) is 19.4. The minimum absolute atomic E-state index is 0.0645. The monoisotopic (exact) mass is 549 g/mol. The zero-order valence-electron chi connectivity index (χ0n) is 19.9. The first-order valence-electron chi connectivity index (χ1n) is 11.1. The zero-order chi connectivity index (χ0) is 27.0. The summed E-state index contributed by atoms with van der Waals surface area (Å²) in [5, 5.41) is 9.35. The van der Waals surface area contributed by atoms with Gasteiger partial charge in [-0.2, -0.15) is 18.3 Å². The molecule has 3 aromatic rings. The predicted octanol–water partition coefficient (Wildman–Crippen LogP) is 5.38. The van der Waals surface area contributed by atoms with Crippen molar-refractivity contribution in [2.45, 2.75) is 23.4 Å². The van der Waals surface area contributed by atoms with Crippen molar-refractivity contribution >= 4 is 38.7 Å². The van der Waals surface area contributed by atoms with Crippen LogP contribution in [0.5, 0.6) is 0 Å². The van der Waals surface area contributed by atoms with E-state index in [2.05, 4.69) is 5.32 Å². The number of anilines is 1. The molecule has 1 heterocycles. The topological polar surface area (TPSA) is 78.8 Å². The molecule has 37 heavy (non-hydrogen) atoms. The zero-order valence-corrected chi connectivity index (χ0v) is 21.5. The molecule has 0 fully saturated rings. The molecule has 0 saturated heterocycles. The van der Waals surface area contributed by atoms with Crippen LogP contribution in [0.4, 0.5) is 18.9 Å². The predicted molar refractivity (Wildman–Crippen MR) is 137 cm³/mol. The summed E-state index contributed by atoms with van der Waals surface area (Å²) >= 11 is 6.05. The molecular weight excluding hydrogens is 527 g/mol. The van der Waals surface area contributed by atoms with Crippen LogP contribution in [0, 0.1) is 0 Å². The molecule has 0 aliphatic carbocycles. The van der Waals surface area contributed by atoms with E-state index in [0.717, 1.165) is 29.0 Å². The van der Waals surface area contributed by atoms with Crippen LogP contribution in [0.1, 0.15) is 23.6 Å². The Kier molecular flexibility index (Phi) is 7.09. The fraction of sp³-hybridized carbons (Fsp3) is 0.231. The Hall–Kier alpha value is -3.37. The van der Waals surface area contributed by atoms with E-state index in [4.69, 9.17) is 16.7 Å². The number of carbonyl (C=O) groups excluding carboxylic acids is 1. The summed E-state index contributed by atoms with van der Waals surface area (Å²) in [4.78, 5) is 11.9. The first kappa shape index (κ1) is 26.7. The van der Waals surface area contributed by atoms with Crippen molar-refractivity contribution in [1.82, 2.24) is 5.01 Å². The van der Waals surface area contributed by atoms with Crippen LogP contribution in [-0.4, -0.2) is 44.4 Å². The number of hydrogen-bond donors (Lipinski definition) is 1. The number of nitrogens with one attached hydrogen (secondary N) is 1. The SMILES string of the molecule is CC1(c2ccccc2)CN(CC(=O)Nc2ccc(C(F)(F)F)c(S(C)(=O)=O)c2)N=C1c1ccc(Cl)cc1. The highest BCUT2D eigenvalue weighted by Crippen LogP contribution is 2.37. The van der Waals surface area contributed by atoms with E-state index in [-0.39, 0.29) is 12.2 Å². The smallest absolute Gasteiger partial charge is 0.324 e. The fourth-order valence-corrected chi connectivity index (χ4v) is 5.39. The Bertz CT molecular complexity index is 1460. The molecule has 1 unspecified atom stereocenters. The Balaban J connectivity index is 1.60. The summed E-state index contributed by atoms with van der Waals surface area (Å²) in [6.07, 6.45) is -4.17. The van der Waals surface area contributed by atoms with Crippen molar-refractivity contribution in [3.8, 4) is 0 Å². The molecule has 3 aromatic carbocycles. The number of alkyl halides is 3. The largest absolute Gasteiger partial charge is 0.417 e. The van der Waals surface area contributed by atoms with E-state index in [0.29, 0.717) is 23.9 Å². The highest BCUT2D eigenvalue weighted by atomic mass is 35.5. The summed E-state index contributed by atoms with van der Waals surface area (Å²) in [5.41, 5.74) is 0.643. The maximum absolute atomic E-state index is 13.3. The number of amides is 1. The number of rotatable bonds is 6. The maximum atomic E-state index is 13.3. The second kappa shape index (κ2) is 9.83. The van der Waals surface area contributed by atoms with Gasteiger partial charge in [0.15, 0.2) is 9.84 Å². The molecule has 1 amide bonds. The van der Waals surface area contributed by atoms with Gasteiger partial charge in [-0.15, -0.1) is 0 Å². The lowest BCUT2D eigenvalue weighted by molar-refractivity contribution is -0.139. The van der Waals surface area contributed by atoms with E-state index < -0.39 is 37.8 Å². The number of nitrogens with zero attached hydrogens (tertiary/aromatic N) is 2. The van der Waals surface area contributed by atoms with Gasteiger partial charge in [0.1, 0.15) is 6.54 Å². The molecule has 1 aliphatic heterocycles. The fourth-order valence-electron chi connectivity index (χ4n) is 4.34. The molecule has 0 bridgehead atoms. The highest BCUT2D eigenvalue weighted by molar-refractivity contribution is 7.90. The average molecular weight is 550 g/mol. The molecule has 0 saturated carbocycles. The highest BCUT2D eigenvalue weighted by Gasteiger charge is 2.41. The van der Waals surface area contributed by atoms with Crippen LogP contribution in [0.3, 0.4) is 0 Å². The standard InChI is InChI=1S/C26H23ClF3N3O3S/c1-25(18-6-4-3-5-7-18)16-33(32-24(25)17-8-10-19(27)11-9-17)15-23(34)31-20-12-13-21(26(28,29)30)22(14-20)37(2,35)36/h3-14H,15-16H2,1-2H3,(H,31,34). The maximum Gasteiger partial charge on any atom is 0.417 e. The van der Waals surface area contributed by atoms with Gasteiger partial charge in [0.05, 0.1) is 28.1 Å². The second-order valence-electron chi connectivity index (χ2n) is 9.01. The number of hydrazone groups is 1. The van der Waals surface area contributed by atoms with Gasteiger partial charge in [-0.25, -0.2) is 8.42 Å². The molecule has 0 radical (unpaired) electrons. The van der Waals surface area contributed by atoms with Gasteiger partial charge in [-0.3, -0.25) is 9.80 Å². The molecule has 6 nitrogen and oxygen atoms in total. The van der Waals surface area contributed by atoms with Crippen LogP contribution in [0.15, 0.2) is 82.8 Å². The number of halogens is 4. The van der Waals surface area contributed by atoms with Gasteiger partial charge in [-0.05, 0) is 48.4 Å². The number of benzene rings is 3. The second-order valence-corrected chi connectivity index (χ2v) is 11.4. The van der Waals surface area contributed by atoms with Crippen molar-refractivity contribution in [2.24, 2.45) is 5.10 Å². The lowest BCUT2D eigenvalue weighted by atomic mass is 9.76. The lowest BCUT2D eigenvalue weighted by Gasteiger charge is -2.27. The van der Waals surface area contributed by atoms with E-state index in [1.54, 1.807) is 17.1 Å². The Labute approximate surface area is 217 Å². The van der Waals surface area contributed by atoms with Crippen molar-refractivity contribution < 1.29 is 26.4 Å². The van der Waals surface area contributed by atoms with Crippen LogP contribution < -0.4 is 5.32 Å². The molecule has 0 spiro atoms. The summed E-state index contributed by atoms with van der Waals surface area (Å²) in [5.74, 6) is -0.560. The normalized spacial score (nSPS) is 18.0. The van der Waals surface area contributed by atoms with Gasteiger partial charge in [0, 0.05) is 17.0 Å². The lowest BCUT2D eigenvalue weighted by Crippen LogP contribution is -2.38. The average Bonchev–Trinajstić information content (AvgIpc) is 3.15. The van der Waals surface area contributed by atoms with Crippen molar-refractivity contribution in [2.75, 3.05) is 24.7 Å². The van der Waals surface area contributed by atoms with Gasteiger partial charge in [0.2, 0.25) is 5.91 Å². The molecular formula is C26H23ClF3N3O3S. The molecule has 1 N–H and O–H groups in total. The minimum atomic E-state index is -4.86. The molecule has 194 valence electrons. The molecule has 4 rings (SSSR count). The Morgan fingerprint density at radius 2 is 1.73 bits per heavy atom. The third-order valence-corrected chi connectivity index (χ3v) is 7.48. The molecule has 11 heteroatoms. The van der Waals surface area contributed by atoms with Crippen LogP contribution in [0.2, 0.25) is 5.02 Å². The molecule has 1 aliphatic rings. The number of sulfone groups is 1. The third kappa shape index (κ3) is 5.80. The van der Waals surface area contributed by atoms with E-state index in [9.17, 15) is 26.4 Å². The van der Waals surface area contributed by atoms with Gasteiger partial charge < -0.3 is 5.32 Å². The van der Waals surface area contributed by atoms with Crippen LogP contribution >= 0.6 is 11.6 Å². The third-order valence-electron chi connectivity index (χ3n) is 6.09. The first-order chi connectivity index (χ1) is 17.3. The number of hydrogen-bond acceptors (Lipinski definition) is 5. The van der Waals surface area contributed by atoms with Crippen LogP contribution in [0.25, 0.3) is 0 Å². The van der Waals surface area contributed by atoms with Crippen molar-refractivity contribution in [1.29, 1.82) is 0 Å². The van der Waals surface area contributed by atoms with Gasteiger partial charge >= 0.3 is 6.18 Å².